The summed E-state index contributed by atoms with van der Waals surface area (Å²) < 4.78 is 8.13. The zero-order valence-electron chi connectivity index (χ0n) is 20.6. The first-order valence-electron chi connectivity index (χ1n) is 12.6. The first kappa shape index (κ1) is 22.7. The molecule has 0 unspecified atom stereocenters. The molecule has 192 valence electrons. The van der Waals surface area contributed by atoms with Crippen LogP contribution in [-0.2, 0) is 41.1 Å². The van der Waals surface area contributed by atoms with Gasteiger partial charge in [0.05, 0.1) is 34.7 Å². The maximum absolute atomic E-state index is 13.5. The molecule has 4 aromatic rings. The van der Waals surface area contributed by atoms with Crippen molar-refractivity contribution in [2.24, 2.45) is 0 Å². The van der Waals surface area contributed by atoms with Gasteiger partial charge in [0.1, 0.15) is 12.4 Å². The van der Waals surface area contributed by atoms with Gasteiger partial charge < -0.3 is 20.1 Å². The number of nitrogens with zero attached hydrogens (tertiary/aromatic N) is 4. The number of nitrogens with two attached hydrogens (primary N) is 1. The molecule has 1 atom stereocenters. The molecular formula is C27H24N6O5. The van der Waals surface area contributed by atoms with Crippen LogP contribution in [0.4, 0.5) is 11.5 Å². The molecule has 11 nitrogen and oxygen atoms in total. The first-order chi connectivity index (χ1) is 18.3. The number of carbonyl (C=O) groups is 1. The number of aryl methyl sites for hydroxylation is 2. The molecule has 5 heterocycles. The van der Waals surface area contributed by atoms with Gasteiger partial charge in [0.2, 0.25) is 0 Å². The van der Waals surface area contributed by atoms with Crippen molar-refractivity contribution in [2.75, 3.05) is 11.2 Å². The molecule has 1 aromatic carbocycles. The Bertz CT molecular complexity index is 1840. The normalized spacial score (nSPS) is 19.1. The highest BCUT2D eigenvalue weighted by atomic mass is 16.6. The number of hydrogen-bond acceptors (Lipinski definition) is 9. The highest BCUT2D eigenvalue weighted by molar-refractivity contribution is 5.95. The van der Waals surface area contributed by atoms with Crippen LogP contribution in [0.25, 0.3) is 22.3 Å². The summed E-state index contributed by atoms with van der Waals surface area (Å²) in [4.78, 5) is 47.1. The Hall–Kier alpha value is -4.51. The monoisotopic (exact) mass is 512 g/mol. The van der Waals surface area contributed by atoms with Crippen molar-refractivity contribution in [3.8, 4) is 11.4 Å². The highest BCUT2D eigenvalue weighted by Gasteiger charge is 2.45. The van der Waals surface area contributed by atoms with Crippen LogP contribution in [0.2, 0.25) is 0 Å². The molecule has 3 aromatic heterocycles. The number of nitrogen functional groups attached to an aromatic ring is 1. The van der Waals surface area contributed by atoms with Gasteiger partial charge in [-0.2, -0.15) is 4.98 Å². The van der Waals surface area contributed by atoms with Crippen LogP contribution in [0.5, 0.6) is 0 Å². The fourth-order valence-electron chi connectivity index (χ4n) is 6.05. The molecule has 0 fully saturated rings. The maximum atomic E-state index is 13.5. The number of cyclic esters (lactones) is 1. The lowest BCUT2D eigenvalue weighted by atomic mass is 9.85. The molecule has 11 heteroatoms. The number of esters is 1. The van der Waals surface area contributed by atoms with Gasteiger partial charge in [-0.25, -0.2) is 19.2 Å². The average Bonchev–Trinajstić information content (AvgIpc) is 3.29. The molecule has 0 spiro atoms. The summed E-state index contributed by atoms with van der Waals surface area (Å²) >= 11 is 0. The van der Waals surface area contributed by atoms with E-state index in [4.69, 9.17) is 15.5 Å². The molecule has 38 heavy (non-hydrogen) atoms. The Balaban J connectivity index is 1.42. The minimum Gasteiger partial charge on any atom is -0.458 e. The van der Waals surface area contributed by atoms with Crippen molar-refractivity contribution >= 4 is 28.4 Å². The quantitative estimate of drug-likeness (QED) is 0.306. The number of aliphatic hydroxyl groups is 1. The second kappa shape index (κ2) is 7.75. The largest absolute Gasteiger partial charge is 0.458 e. The maximum Gasteiger partial charge on any atom is 0.368 e. The van der Waals surface area contributed by atoms with Crippen LogP contribution in [-0.4, -0.2) is 30.3 Å². The van der Waals surface area contributed by atoms with E-state index in [1.165, 1.54) is 4.68 Å². The summed E-state index contributed by atoms with van der Waals surface area (Å²) in [7, 11) is 0. The standard InChI is InChI=1S/C27H24N6O5/c1-2-27(37)17-10-20-23-15(11-32(20)24(34)16(17)12-38-25(27)35)13-4-3-5-14-18(6-7-19(29-23)22(13)14)31-33-9-8-21(28)30-26(33)36/h6-10,31,37H,2-5,11-12H2,1H3,(H2,28,30,36)/t27-/m0/s1. The Kier molecular flexibility index (Phi) is 4.62. The molecule has 0 saturated heterocycles. The number of anilines is 2. The van der Waals surface area contributed by atoms with Crippen LogP contribution in [0.3, 0.4) is 0 Å². The zero-order valence-corrected chi connectivity index (χ0v) is 20.6. The lowest BCUT2D eigenvalue weighted by molar-refractivity contribution is -0.172. The van der Waals surface area contributed by atoms with Gasteiger partial charge >= 0.3 is 11.7 Å². The van der Waals surface area contributed by atoms with Gasteiger partial charge in [-0.05, 0) is 61.1 Å². The third-order valence-electron chi connectivity index (χ3n) is 8.00. The van der Waals surface area contributed by atoms with E-state index in [0.717, 1.165) is 52.5 Å². The van der Waals surface area contributed by atoms with E-state index in [-0.39, 0.29) is 24.4 Å². The van der Waals surface area contributed by atoms with Crippen molar-refractivity contribution in [1.82, 2.24) is 19.2 Å². The Labute approximate surface area is 215 Å². The van der Waals surface area contributed by atoms with Crippen molar-refractivity contribution in [2.45, 2.75) is 51.4 Å². The number of nitrogens with one attached hydrogen (secondary N) is 1. The minimum absolute atomic E-state index is 0.0940. The number of fused-ring (bicyclic) bond motifs is 5. The van der Waals surface area contributed by atoms with Gasteiger partial charge in [-0.1, -0.05) is 6.92 Å². The van der Waals surface area contributed by atoms with Crippen molar-refractivity contribution in [3.63, 3.8) is 0 Å². The van der Waals surface area contributed by atoms with E-state index < -0.39 is 17.3 Å². The highest BCUT2D eigenvalue weighted by Crippen LogP contribution is 2.43. The number of carbonyl (C=O) groups excluding carboxylic acids is 1. The Morgan fingerprint density at radius 1 is 1.11 bits per heavy atom. The van der Waals surface area contributed by atoms with Crippen molar-refractivity contribution in [1.29, 1.82) is 0 Å². The Morgan fingerprint density at radius 2 is 1.92 bits per heavy atom. The second-order valence-corrected chi connectivity index (χ2v) is 9.98. The molecule has 0 radical (unpaired) electrons. The number of rotatable bonds is 3. The second-order valence-electron chi connectivity index (χ2n) is 9.98. The topological polar surface area (TPSA) is 154 Å². The SMILES string of the molecule is CC[C@@]1(O)C(=O)OCc2c1cc1n(c2=O)Cc2c-1nc1ccc(Nn3ccc(N)nc3=O)c3c1c2CCC3. The molecule has 1 aliphatic carbocycles. The molecule has 3 aliphatic rings. The van der Waals surface area contributed by atoms with Crippen LogP contribution in [0.1, 0.15) is 47.6 Å². The average molecular weight is 513 g/mol. The van der Waals surface area contributed by atoms with E-state index in [1.807, 2.05) is 12.1 Å². The first-order valence-corrected chi connectivity index (χ1v) is 12.6. The summed E-state index contributed by atoms with van der Waals surface area (Å²) in [6.45, 7) is 1.88. The van der Waals surface area contributed by atoms with Crippen LogP contribution < -0.4 is 22.4 Å². The molecule has 4 N–H and O–H groups in total. The van der Waals surface area contributed by atoms with Gasteiger partial charge in [-0.15, -0.1) is 0 Å². The predicted octanol–water partition coefficient (Wildman–Crippen LogP) is 1.58. The lowest BCUT2D eigenvalue weighted by Gasteiger charge is -2.31. The van der Waals surface area contributed by atoms with E-state index in [0.29, 0.717) is 29.1 Å². The zero-order chi connectivity index (χ0) is 26.3. The molecule has 7 rings (SSSR count). The summed E-state index contributed by atoms with van der Waals surface area (Å²) in [5, 5.41) is 12.1. The van der Waals surface area contributed by atoms with E-state index in [1.54, 1.807) is 29.8 Å². The van der Waals surface area contributed by atoms with Crippen molar-refractivity contribution in [3.05, 3.63) is 79.1 Å². The summed E-state index contributed by atoms with van der Waals surface area (Å²) in [6.07, 6.45) is 4.16. The third kappa shape index (κ3) is 2.96. The van der Waals surface area contributed by atoms with Gasteiger partial charge in [0.25, 0.3) is 5.56 Å². The fourth-order valence-corrected chi connectivity index (χ4v) is 6.05. The summed E-state index contributed by atoms with van der Waals surface area (Å²) in [5.74, 6) is -0.587. The van der Waals surface area contributed by atoms with Gasteiger partial charge in [-0.3, -0.25) is 10.2 Å². The lowest BCUT2D eigenvalue weighted by Crippen LogP contribution is -2.44. The number of aromatic nitrogens is 4. The number of ether oxygens (including phenoxy) is 1. The van der Waals surface area contributed by atoms with Crippen LogP contribution in [0.15, 0.2) is 40.1 Å². The predicted molar refractivity (Wildman–Crippen MR) is 138 cm³/mol. The third-order valence-corrected chi connectivity index (χ3v) is 8.00. The van der Waals surface area contributed by atoms with E-state index in [2.05, 4.69) is 10.4 Å². The van der Waals surface area contributed by atoms with Crippen LogP contribution >= 0.6 is 0 Å². The molecule has 0 saturated carbocycles. The van der Waals surface area contributed by atoms with E-state index >= 15 is 0 Å². The molecule has 2 aliphatic heterocycles. The summed E-state index contributed by atoms with van der Waals surface area (Å²) in [6, 6.07) is 7.06. The Morgan fingerprint density at radius 3 is 2.71 bits per heavy atom. The van der Waals surface area contributed by atoms with Crippen LogP contribution in [0, 0.1) is 0 Å². The van der Waals surface area contributed by atoms with Gasteiger partial charge in [0, 0.05) is 22.7 Å². The molecule has 0 bridgehead atoms. The summed E-state index contributed by atoms with van der Waals surface area (Å²) in [5.41, 5.74) is 12.7. The molecular weight excluding hydrogens is 488 g/mol. The number of benzene rings is 1. The fraction of sp³-hybridized carbons (Fsp3) is 0.296. The number of hydrogen-bond donors (Lipinski definition) is 3. The van der Waals surface area contributed by atoms with Gasteiger partial charge in [0.15, 0.2) is 5.60 Å². The number of pyridine rings is 2. The smallest absolute Gasteiger partial charge is 0.368 e. The minimum atomic E-state index is -1.86. The van der Waals surface area contributed by atoms with Crippen molar-refractivity contribution < 1.29 is 14.6 Å². The molecule has 0 amide bonds. The van der Waals surface area contributed by atoms with E-state index in [9.17, 15) is 19.5 Å².